The summed E-state index contributed by atoms with van der Waals surface area (Å²) < 4.78 is 10.2. The van der Waals surface area contributed by atoms with Gasteiger partial charge in [0.05, 0.1) is 11.4 Å². The van der Waals surface area contributed by atoms with Gasteiger partial charge < -0.3 is 14.8 Å². The predicted octanol–water partition coefficient (Wildman–Crippen LogP) is 2.24. The highest BCUT2D eigenvalue weighted by Gasteiger charge is 2.07. The van der Waals surface area contributed by atoms with Gasteiger partial charge in [-0.15, -0.1) is 0 Å². The lowest BCUT2D eigenvalue weighted by molar-refractivity contribution is -0.123. The van der Waals surface area contributed by atoms with E-state index in [9.17, 15) is 4.79 Å². The Morgan fingerprint density at radius 3 is 2.72 bits per heavy atom. The van der Waals surface area contributed by atoms with Gasteiger partial charge in [0.1, 0.15) is 5.75 Å². The highest BCUT2D eigenvalue weighted by molar-refractivity contribution is 9.09. The van der Waals surface area contributed by atoms with Crippen molar-refractivity contribution in [3.63, 3.8) is 0 Å². The number of alkyl halides is 1. The van der Waals surface area contributed by atoms with Crippen LogP contribution in [0.25, 0.3) is 0 Å². The minimum absolute atomic E-state index is 0.0195. The third-order valence-electron chi connectivity index (χ3n) is 2.05. The zero-order valence-corrected chi connectivity index (χ0v) is 12.3. The summed E-state index contributed by atoms with van der Waals surface area (Å²) in [4.78, 5) is 11.6. The average molecular weight is 337 g/mol. The van der Waals surface area contributed by atoms with Crippen LogP contribution in [0.1, 0.15) is 0 Å². The number of methoxy groups -OCH3 is 1. The van der Waals surface area contributed by atoms with E-state index in [4.69, 9.17) is 21.1 Å². The zero-order chi connectivity index (χ0) is 13.4. The highest BCUT2D eigenvalue weighted by Crippen LogP contribution is 2.15. The molecule has 0 saturated carbocycles. The molecule has 1 rings (SSSR count). The van der Waals surface area contributed by atoms with Crippen LogP contribution in [0.3, 0.4) is 0 Å². The van der Waals surface area contributed by atoms with Crippen molar-refractivity contribution in [2.45, 2.75) is 4.83 Å². The van der Waals surface area contributed by atoms with Crippen molar-refractivity contribution in [3.8, 4) is 5.75 Å². The summed E-state index contributed by atoms with van der Waals surface area (Å²) in [6, 6.07) is 6.85. The van der Waals surface area contributed by atoms with Crippen molar-refractivity contribution in [1.82, 2.24) is 5.32 Å². The molecule has 100 valence electrons. The predicted molar refractivity (Wildman–Crippen MR) is 74.5 cm³/mol. The molecule has 1 unspecified atom stereocenters. The Morgan fingerprint density at radius 1 is 1.44 bits per heavy atom. The van der Waals surface area contributed by atoms with Crippen LogP contribution >= 0.6 is 27.5 Å². The molecule has 1 aromatic rings. The number of carbonyl (C=O) groups excluding carboxylic acids is 1. The molecular formula is C12H15BrClNO3. The lowest BCUT2D eigenvalue weighted by Crippen LogP contribution is -2.34. The maximum absolute atomic E-state index is 11.5. The minimum atomic E-state index is -0.175. The zero-order valence-electron chi connectivity index (χ0n) is 9.99. The lowest BCUT2D eigenvalue weighted by atomic mass is 10.3. The summed E-state index contributed by atoms with van der Waals surface area (Å²) in [6.45, 7) is 1.02. The SMILES string of the molecule is COCC(Br)CNC(=O)COc1ccc(Cl)cc1. The van der Waals surface area contributed by atoms with Crippen molar-refractivity contribution in [3.05, 3.63) is 29.3 Å². The summed E-state index contributed by atoms with van der Waals surface area (Å²) in [5.74, 6) is 0.437. The number of hydrogen-bond donors (Lipinski definition) is 1. The van der Waals surface area contributed by atoms with Crippen molar-refractivity contribution < 1.29 is 14.3 Å². The van der Waals surface area contributed by atoms with Gasteiger partial charge in [0.2, 0.25) is 0 Å². The quantitative estimate of drug-likeness (QED) is 0.777. The topological polar surface area (TPSA) is 47.6 Å². The normalized spacial score (nSPS) is 11.9. The largest absolute Gasteiger partial charge is 0.484 e. The molecule has 0 spiro atoms. The number of benzene rings is 1. The van der Waals surface area contributed by atoms with E-state index in [-0.39, 0.29) is 17.3 Å². The van der Waals surface area contributed by atoms with Gasteiger partial charge in [-0.3, -0.25) is 4.79 Å². The van der Waals surface area contributed by atoms with Gasteiger partial charge in [-0.1, -0.05) is 27.5 Å². The van der Waals surface area contributed by atoms with Crippen molar-refractivity contribution in [1.29, 1.82) is 0 Å². The number of nitrogens with one attached hydrogen (secondary N) is 1. The summed E-state index contributed by atoms with van der Waals surface area (Å²) in [5, 5.41) is 3.36. The molecule has 0 saturated heterocycles. The van der Waals surface area contributed by atoms with E-state index in [0.717, 1.165) is 0 Å². The van der Waals surface area contributed by atoms with Crippen LogP contribution < -0.4 is 10.1 Å². The Morgan fingerprint density at radius 2 is 2.11 bits per heavy atom. The third kappa shape index (κ3) is 6.23. The Kier molecular flexibility index (Phi) is 7.08. The smallest absolute Gasteiger partial charge is 0.257 e. The van der Waals surface area contributed by atoms with Crippen LogP contribution in [0.4, 0.5) is 0 Å². The Balaban J connectivity index is 2.22. The molecule has 0 fully saturated rings. The summed E-state index contributed by atoms with van der Waals surface area (Å²) in [5.41, 5.74) is 0. The van der Waals surface area contributed by atoms with Gasteiger partial charge in [-0.2, -0.15) is 0 Å². The van der Waals surface area contributed by atoms with Crippen LogP contribution in [0.5, 0.6) is 5.75 Å². The molecule has 4 nitrogen and oxygen atoms in total. The number of carbonyl (C=O) groups is 1. The molecular weight excluding hydrogens is 321 g/mol. The van der Waals surface area contributed by atoms with Gasteiger partial charge in [0.25, 0.3) is 5.91 Å². The van der Waals surface area contributed by atoms with E-state index in [1.807, 2.05) is 0 Å². The van der Waals surface area contributed by atoms with Gasteiger partial charge in [0.15, 0.2) is 6.61 Å². The first-order chi connectivity index (χ1) is 8.61. The molecule has 18 heavy (non-hydrogen) atoms. The van der Waals surface area contributed by atoms with Crippen molar-refractivity contribution >= 4 is 33.4 Å². The number of rotatable bonds is 7. The number of hydrogen-bond acceptors (Lipinski definition) is 3. The number of amides is 1. The molecule has 1 amide bonds. The molecule has 0 aliphatic carbocycles. The fourth-order valence-corrected chi connectivity index (χ4v) is 1.75. The molecule has 0 radical (unpaired) electrons. The molecule has 0 heterocycles. The molecule has 1 atom stereocenters. The average Bonchev–Trinajstić information content (AvgIpc) is 2.36. The Bertz CT molecular complexity index is 372. The fraction of sp³-hybridized carbons (Fsp3) is 0.417. The van der Waals surface area contributed by atoms with Crippen molar-refractivity contribution in [2.24, 2.45) is 0 Å². The standard InChI is InChI=1S/C12H15BrClNO3/c1-17-7-9(13)6-15-12(16)8-18-11-4-2-10(14)3-5-11/h2-5,9H,6-8H2,1H3,(H,15,16). The first-order valence-corrected chi connectivity index (χ1v) is 6.69. The monoisotopic (exact) mass is 335 g/mol. The molecule has 0 aliphatic heterocycles. The molecule has 1 N–H and O–H groups in total. The van der Waals surface area contributed by atoms with Gasteiger partial charge >= 0.3 is 0 Å². The number of halogens is 2. The van der Waals surface area contributed by atoms with Gasteiger partial charge in [0, 0.05) is 18.7 Å². The molecule has 6 heteroatoms. The van der Waals surface area contributed by atoms with Crippen LogP contribution in [0, 0.1) is 0 Å². The van der Waals surface area contributed by atoms with Gasteiger partial charge in [-0.25, -0.2) is 0 Å². The lowest BCUT2D eigenvalue weighted by Gasteiger charge is -2.10. The van der Waals surface area contributed by atoms with E-state index in [1.54, 1.807) is 31.4 Å². The van der Waals surface area contributed by atoms with E-state index < -0.39 is 0 Å². The molecule has 0 aliphatic rings. The second-order valence-corrected chi connectivity index (χ2v) is 5.33. The maximum atomic E-state index is 11.5. The van der Waals surface area contributed by atoms with Gasteiger partial charge in [-0.05, 0) is 24.3 Å². The van der Waals surface area contributed by atoms with Crippen LogP contribution in [0.15, 0.2) is 24.3 Å². The molecule has 1 aromatic carbocycles. The molecule has 0 aromatic heterocycles. The summed E-state index contributed by atoms with van der Waals surface area (Å²) in [6.07, 6.45) is 0. The minimum Gasteiger partial charge on any atom is -0.484 e. The van der Waals surface area contributed by atoms with E-state index in [0.29, 0.717) is 23.9 Å². The second-order valence-electron chi connectivity index (χ2n) is 3.60. The fourth-order valence-electron chi connectivity index (χ4n) is 1.20. The van der Waals surface area contributed by atoms with Crippen LogP contribution in [-0.4, -0.2) is 37.6 Å². The third-order valence-corrected chi connectivity index (χ3v) is 2.89. The maximum Gasteiger partial charge on any atom is 0.257 e. The number of ether oxygens (including phenoxy) is 2. The highest BCUT2D eigenvalue weighted by atomic mass is 79.9. The second kappa shape index (κ2) is 8.34. The first kappa shape index (κ1) is 15.3. The first-order valence-electron chi connectivity index (χ1n) is 5.40. The molecule has 0 bridgehead atoms. The van der Waals surface area contributed by atoms with Crippen LogP contribution in [0.2, 0.25) is 5.02 Å². The summed E-state index contributed by atoms with van der Waals surface area (Å²) >= 11 is 9.11. The van der Waals surface area contributed by atoms with Crippen LogP contribution in [-0.2, 0) is 9.53 Å². The van der Waals surface area contributed by atoms with E-state index in [2.05, 4.69) is 21.2 Å². The summed E-state index contributed by atoms with van der Waals surface area (Å²) in [7, 11) is 1.61. The van der Waals surface area contributed by atoms with E-state index >= 15 is 0 Å². The Labute approximate surface area is 120 Å². The Hall–Kier alpha value is -0.780. The van der Waals surface area contributed by atoms with E-state index in [1.165, 1.54) is 0 Å². The van der Waals surface area contributed by atoms with Crippen molar-refractivity contribution in [2.75, 3.05) is 26.9 Å².